The number of benzene rings is 1. The molecule has 5 nitrogen and oxygen atoms in total. The Morgan fingerprint density at radius 3 is 2.32 bits per heavy atom. The molecule has 2 N–H and O–H groups in total. The lowest BCUT2D eigenvalue weighted by Gasteiger charge is -2.23. The van der Waals surface area contributed by atoms with Gasteiger partial charge in [0.05, 0.1) is 20.3 Å². The first-order chi connectivity index (χ1) is 8.98. The number of nitrogens with two attached hydrogens (primary N) is 1. The highest BCUT2D eigenvalue weighted by molar-refractivity contribution is 7.54. The molecule has 0 saturated carbocycles. The second-order valence-corrected chi connectivity index (χ2v) is 5.87. The van der Waals surface area contributed by atoms with Crippen molar-refractivity contribution in [2.45, 2.75) is 19.6 Å². The van der Waals surface area contributed by atoms with Gasteiger partial charge >= 0.3 is 7.60 Å². The quantitative estimate of drug-likeness (QED) is 0.782. The molecular weight excluding hydrogens is 272 g/mol. The maximum absolute atomic E-state index is 13.6. The Balaban J connectivity index is 3.06. The zero-order valence-corrected chi connectivity index (χ0v) is 12.2. The Kier molecular flexibility index (Phi) is 5.94. The normalized spacial score (nSPS) is 13.3. The van der Waals surface area contributed by atoms with Crippen molar-refractivity contribution >= 4 is 7.60 Å². The van der Waals surface area contributed by atoms with Gasteiger partial charge in [-0.3, -0.25) is 4.57 Å². The third-order valence-electron chi connectivity index (χ3n) is 2.48. The maximum atomic E-state index is 13.6. The van der Waals surface area contributed by atoms with Crippen LogP contribution in [-0.2, 0) is 13.6 Å². The van der Waals surface area contributed by atoms with Crippen molar-refractivity contribution in [2.75, 3.05) is 20.3 Å². The molecule has 1 aromatic carbocycles. The van der Waals surface area contributed by atoms with Gasteiger partial charge in [0.1, 0.15) is 5.78 Å². The second-order valence-electron chi connectivity index (χ2n) is 3.71. The van der Waals surface area contributed by atoms with E-state index in [2.05, 4.69) is 0 Å². The number of hydrogen-bond donors (Lipinski definition) is 1. The monoisotopic (exact) mass is 291 g/mol. The van der Waals surface area contributed by atoms with Gasteiger partial charge in [0.15, 0.2) is 11.6 Å². The van der Waals surface area contributed by atoms with Gasteiger partial charge in [0.25, 0.3) is 0 Å². The third-order valence-corrected chi connectivity index (χ3v) is 4.69. The second kappa shape index (κ2) is 7.01. The molecule has 0 spiro atoms. The fraction of sp³-hybridized carbons (Fsp3) is 0.500. The Bertz CT molecular complexity index is 459. The molecule has 108 valence electrons. The van der Waals surface area contributed by atoms with Gasteiger partial charge in [-0.05, 0) is 31.5 Å². The van der Waals surface area contributed by atoms with Crippen LogP contribution in [0.25, 0.3) is 0 Å². The molecule has 19 heavy (non-hydrogen) atoms. The molecule has 1 aromatic rings. The molecule has 0 bridgehead atoms. The van der Waals surface area contributed by atoms with Gasteiger partial charge in [-0.15, -0.1) is 0 Å². The summed E-state index contributed by atoms with van der Waals surface area (Å²) in [6.45, 7) is 3.77. The summed E-state index contributed by atoms with van der Waals surface area (Å²) in [5, 5.41) is 0. The zero-order chi connectivity index (χ0) is 14.5. The van der Waals surface area contributed by atoms with E-state index < -0.39 is 19.2 Å². The summed E-state index contributed by atoms with van der Waals surface area (Å²) in [7, 11) is -2.14. The van der Waals surface area contributed by atoms with Crippen LogP contribution < -0.4 is 10.5 Å². The number of hydrogen-bond acceptors (Lipinski definition) is 5. The lowest BCUT2D eigenvalue weighted by Crippen LogP contribution is -2.15. The molecule has 1 atom stereocenters. The Hall–Kier alpha value is -0.940. The first-order valence-electron chi connectivity index (χ1n) is 5.96. The topological polar surface area (TPSA) is 70.8 Å². The number of ether oxygens (including phenoxy) is 1. The summed E-state index contributed by atoms with van der Waals surface area (Å²) < 4.78 is 41.2. The van der Waals surface area contributed by atoms with Crippen LogP contribution in [0, 0.1) is 5.82 Å². The summed E-state index contributed by atoms with van der Waals surface area (Å²) in [4.78, 5) is 0. The number of rotatable bonds is 7. The molecular formula is C12H19FNO4P. The molecule has 0 saturated heterocycles. The van der Waals surface area contributed by atoms with Gasteiger partial charge in [-0.25, -0.2) is 4.39 Å². The van der Waals surface area contributed by atoms with E-state index in [1.165, 1.54) is 25.3 Å². The summed E-state index contributed by atoms with van der Waals surface area (Å²) in [5.74, 6) is -1.51. The Morgan fingerprint density at radius 1 is 1.32 bits per heavy atom. The first kappa shape index (κ1) is 16.1. The smallest absolute Gasteiger partial charge is 0.351 e. The molecule has 0 aromatic heterocycles. The van der Waals surface area contributed by atoms with Crippen LogP contribution in [-0.4, -0.2) is 20.3 Å². The van der Waals surface area contributed by atoms with Crippen LogP contribution in [0.1, 0.15) is 25.2 Å². The molecule has 7 heteroatoms. The van der Waals surface area contributed by atoms with Gasteiger partial charge in [-0.2, -0.15) is 0 Å². The van der Waals surface area contributed by atoms with E-state index in [1.54, 1.807) is 13.8 Å². The summed E-state index contributed by atoms with van der Waals surface area (Å²) in [5.41, 5.74) is 6.22. The van der Waals surface area contributed by atoms with E-state index in [0.29, 0.717) is 5.56 Å². The van der Waals surface area contributed by atoms with Gasteiger partial charge in [0.2, 0.25) is 0 Å². The van der Waals surface area contributed by atoms with Crippen molar-refractivity contribution in [2.24, 2.45) is 5.73 Å². The van der Waals surface area contributed by atoms with Gasteiger partial charge < -0.3 is 19.5 Å². The molecule has 0 radical (unpaired) electrons. The van der Waals surface area contributed by atoms with E-state index in [4.69, 9.17) is 19.5 Å². The van der Waals surface area contributed by atoms with Crippen LogP contribution in [0.4, 0.5) is 4.39 Å². The van der Waals surface area contributed by atoms with Crippen molar-refractivity contribution in [3.05, 3.63) is 29.6 Å². The van der Waals surface area contributed by atoms with Crippen LogP contribution >= 0.6 is 7.60 Å². The van der Waals surface area contributed by atoms with E-state index in [0.717, 1.165) is 0 Å². The molecule has 0 amide bonds. The molecule has 1 rings (SSSR count). The van der Waals surface area contributed by atoms with Crippen LogP contribution in [0.3, 0.4) is 0 Å². The molecule has 0 aliphatic rings. The first-order valence-corrected chi connectivity index (χ1v) is 7.57. The molecule has 0 aliphatic heterocycles. The van der Waals surface area contributed by atoms with Crippen molar-refractivity contribution in [3.8, 4) is 5.75 Å². The van der Waals surface area contributed by atoms with Crippen molar-refractivity contribution in [3.63, 3.8) is 0 Å². The third kappa shape index (κ3) is 3.76. The average Bonchev–Trinajstić information content (AvgIpc) is 2.38. The number of methoxy groups -OCH3 is 1. The summed E-state index contributed by atoms with van der Waals surface area (Å²) >= 11 is 0. The van der Waals surface area contributed by atoms with Crippen LogP contribution in [0.2, 0.25) is 0 Å². The fourth-order valence-electron chi connectivity index (χ4n) is 1.61. The lowest BCUT2D eigenvalue weighted by molar-refractivity contribution is 0.212. The predicted octanol–water partition coefficient (Wildman–Crippen LogP) is 3.06. The summed E-state index contributed by atoms with van der Waals surface area (Å²) in [6, 6.07) is 4.14. The van der Waals surface area contributed by atoms with Crippen molar-refractivity contribution < 1.29 is 22.7 Å². The highest BCUT2D eigenvalue weighted by Crippen LogP contribution is 2.58. The maximum Gasteiger partial charge on any atom is 0.351 e. The minimum absolute atomic E-state index is 0.0959. The Morgan fingerprint density at radius 2 is 1.89 bits per heavy atom. The Labute approximate surface area is 112 Å². The van der Waals surface area contributed by atoms with Crippen molar-refractivity contribution in [1.82, 2.24) is 0 Å². The molecule has 0 heterocycles. The fourth-order valence-corrected chi connectivity index (χ4v) is 3.25. The van der Waals surface area contributed by atoms with E-state index in [9.17, 15) is 8.96 Å². The molecule has 0 aliphatic carbocycles. The van der Waals surface area contributed by atoms with Gasteiger partial charge in [-0.1, -0.05) is 6.07 Å². The van der Waals surface area contributed by atoms with E-state index in [-0.39, 0.29) is 19.0 Å². The predicted molar refractivity (Wildman–Crippen MR) is 70.7 cm³/mol. The van der Waals surface area contributed by atoms with Crippen LogP contribution in [0.15, 0.2) is 18.2 Å². The van der Waals surface area contributed by atoms with E-state index in [1.807, 2.05) is 0 Å². The average molecular weight is 291 g/mol. The number of halogens is 1. The highest BCUT2D eigenvalue weighted by atomic mass is 31.2. The largest absolute Gasteiger partial charge is 0.494 e. The summed E-state index contributed by atoms with van der Waals surface area (Å²) in [6.07, 6.45) is 0. The SMILES string of the molecule is CCOP(=O)(OCC)[C@@H](N)c1ccc(OC)c(F)c1. The molecule has 0 fully saturated rings. The van der Waals surface area contributed by atoms with Crippen LogP contribution in [0.5, 0.6) is 5.75 Å². The van der Waals surface area contributed by atoms with E-state index >= 15 is 0 Å². The standard InChI is InChI=1S/C12H19FNO4P/c1-4-17-19(15,18-5-2)12(14)9-6-7-11(16-3)10(13)8-9/h6-8,12H,4-5,14H2,1-3H3/t12-/m1/s1. The zero-order valence-electron chi connectivity index (χ0n) is 11.3. The highest BCUT2D eigenvalue weighted by Gasteiger charge is 2.34. The molecule has 0 unspecified atom stereocenters. The minimum atomic E-state index is -3.51. The van der Waals surface area contributed by atoms with Crippen molar-refractivity contribution in [1.29, 1.82) is 0 Å². The van der Waals surface area contributed by atoms with Gasteiger partial charge in [0, 0.05) is 0 Å². The minimum Gasteiger partial charge on any atom is -0.494 e. The lowest BCUT2D eigenvalue weighted by atomic mass is 10.2.